The predicted octanol–water partition coefficient (Wildman–Crippen LogP) is 15.4. The summed E-state index contributed by atoms with van der Waals surface area (Å²) >= 11 is 0. The third-order valence-corrected chi connectivity index (χ3v) is 12.2. The van der Waals surface area contributed by atoms with Crippen LogP contribution in [0.25, 0.3) is 32.3 Å². The summed E-state index contributed by atoms with van der Waals surface area (Å²) in [5.74, 6) is 0.351. The number of nitrogens with zero attached hydrogens (tertiary/aromatic N) is 2. The van der Waals surface area contributed by atoms with Crippen LogP contribution in [0.5, 0.6) is 0 Å². The fourth-order valence-electron chi connectivity index (χ4n) is 8.98. The van der Waals surface area contributed by atoms with E-state index in [1.165, 1.54) is 66.1 Å². The minimum absolute atomic E-state index is 0.0279. The van der Waals surface area contributed by atoms with Gasteiger partial charge in [0.05, 0.1) is 0 Å². The van der Waals surface area contributed by atoms with E-state index in [0.29, 0.717) is 5.92 Å². The van der Waals surface area contributed by atoms with Crippen molar-refractivity contribution >= 4 is 60.8 Å². The zero-order chi connectivity index (χ0) is 39.1. The maximum Gasteiger partial charge on any atom is 0.0468 e. The monoisotopic (exact) mass is 746 g/mol. The third-order valence-electron chi connectivity index (χ3n) is 12.2. The van der Waals surface area contributed by atoms with E-state index in [2.05, 4.69) is 236 Å². The molecule has 2 heteroatoms. The highest BCUT2D eigenvalue weighted by Gasteiger charge is 2.32. The molecule has 0 saturated carbocycles. The van der Waals surface area contributed by atoms with Crippen molar-refractivity contribution in [3.8, 4) is 0 Å². The van der Waals surface area contributed by atoms with Crippen molar-refractivity contribution in [1.29, 1.82) is 0 Å². The van der Waals surface area contributed by atoms with Crippen LogP contribution in [0.3, 0.4) is 0 Å². The molecule has 0 radical (unpaired) electrons. The van der Waals surface area contributed by atoms with Gasteiger partial charge in [0.1, 0.15) is 0 Å². The quantitative estimate of drug-likeness (QED) is 0.145. The Kier molecular flexibility index (Phi) is 9.11. The lowest BCUT2D eigenvalue weighted by Gasteiger charge is -2.38. The summed E-state index contributed by atoms with van der Waals surface area (Å²) in [5.41, 5.74) is 11.1. The second-order valence-corrected chi connectivity index (χ2v) is 16.2. The molecule has 2 aliphatic carbocycles. The zero-order valence-corrected chi connectivity index (χ0v) is 33.1. The van der Waals surface area contributed by atoms with Gasteiger partial charge in [0, 0.05) is 46.0 Å². The summed E-state index contributed by atoms with van der Waals surface area (Å²) in [5, 5.41) is 7.46. The molecule has 8 aromatic rings. The van der Waals surface area contributed by atoms with Crippen molar-refractivity contribution in [2.45, 2.75) is 32.6 Å². The van der Waals surface area contributed by atoms with E-state index in [1.54, 1.807) is 0 Å². The Morgan fingerprint density at radius 2 is 0.948 bits per heavy atom. The zero-order valence-electron chi connectivity index (χ0n) is 33.1. The molecule has 0 fully saturated rings. The minimum atomic E-state index is -0.0279. The predicted molar refractivity (Wildman–Crippen MR) is 248 cm³/mol. The standard InChI is InChI=1S/C56H46N2/c1-40(35-41-18-26-50(27-19-41)57(52-30-22-43-11-3-6-14-46(43)36-52)53-31-23-44-12-4-7-15-47(44)37-53)42-20-28-51(29-21-42)58(54-32-24-45-13-5-8-16-48(45)38-54)55-33-25-49-17-9-10-34-56(49,2)39-55/h3-34,36-38,40H,35,39H2,1-2H3. The van der Waals surface area contributed by atoms with Gasteiger partial charge in [-0.2, -0.15) is 0 Å². The molecule has 8 aromatic carbocycles. The van der Waals surface area contributed by atoms with Crippen LogP contribution in [0.15, 0.2) is 224 Å². The molecule has 2 unspecified atom stereocenters. The van der Waals surface area contributed by atoms with Gasteiger partial charge in [-0.25, -0.2) is 0 Å². The molecule has 0 bridgehead atoms. The summed E-state index contributed by atoms with van der Waals surface area (Å²) < 4.78 is 0. The molecular formula is C56H46N2. The largest absolute Gasteiger partial charge is 0.314 e. The van der Waals surface area contributed by atoms with Gasteiger partial charge in [0.25, 0.3) is 0 Å². The van der Waals surface area contributed by atoms with Crippen LogP contribution in [-0.4, -0.2) is 0 Å². The van der Waals surface area contributed by atoms with Gasteiger partial charge in [-0.3, -0.25) is 0 Å². The van der Waals surface area contributed by atoms with Gasteiger partial charge in [-0.05, 0) is 128 Å². The molecular weight excluding hydrogens is 701 g/mol. The first-order valence-corrected chi connectivity index (χ1v) is 20.5. The molecule has 10 rings (SSSR count). The van der Waals surface area contributed by atoms with E-state index in [0.717, 1.165) is 29.9 Å². The lowest BCUT2D eigenvalue weighted by atomic mass is 9.73. The Hall–Kier alpha value is -6.90. The average molecular weight is 747 g/mol. The van der Waals surface area contributed by atoms with E-state index in [4.69, 9.17) is 0 Å². The molecule has 0 N–H and O–H groups in total. The summed E-state index contributed by atoms with van der Waals surface area (Å²) in [6.07, 6.45) is 15.4. The summed E-state index contributed by atoms with van der Waals surface area (Å²) in [7, 11) is 0. The van der Waals surface area contributed by atoms with Crippen LogP contribution < -0.4 is 9.80 Å². The first kappa shape index (κ1) is 35.5. The summed E-state index contributed by atoms with van der Waals surface area (Å²) in [6, 6.07) is 64.7. The molecule has 0 heterocycles. The Bertz CT molecular complexity index is 2850. The maximum atomic E-state index is 2.46. The van der Waals surface area contributed by atoms with Gasteiger partial charge < -0.3 is 9.80 Å². The molecule has 2 nitrogen and oxygen atoms in total. The van der Waals surface area contributed by atoms with E-state index < -0.39 is 0 Å². The van der Waals surface area contributed by atoms with Crippen molar-refractivity contribution in [3.05, 3.63) is 235 Å². The second kappa shape index (κ2) is 14.9. The van der Waals surface area contributed by atoms with Gasteiger partial charge >= 0.3 is 0 Å². The van der Waals surface area contributed by atoms with Gasteiger partial charge in [0.2, 0.25) is 0 Å². The SMILES string of the molecule is CC(Cc1ccc(N(c2ccc3ccccc3c2)c2ccc3ccccc3c2)cc1)c1ccc(N(C2=CC=C3C=CC=CC3(C)C2)c2ccc3ccccc3c2)cc1. The van der Waals surface area contributed by atoms with E-state index in [-0.39, 0.29) is 5.41 Å². The molecule has 280 valence electrons. The Labute approximate surface area is 342 Å². The third kappa shape index (κ3) is 6.82. The highest BCUT2D eigenvalue weighted by Crippen LogP contribution is 2.46. The molecule has 0 aromatic heterocycles. The molecule has 58 heavy (non-hydrogen) atoms. The van der Waals surface area contributed by atoms with E-state index in [1.807, 2.05) is 0 Å². The van der Waals surface area contributed by atoms with Crippen LogP contribution in [0.1, 0.15) is 37.3 Å². The Morgan fingerprint density at radius 3 is 1.50 bits per heavy atom. The fourth-order valence-corrected chi connectivity index (χ4v) is 8.98. The number of fused-ring (bicyclic) bond motifs is 4. The van der Waals surface area contributed by atoms with Crippen LogP contribution in [-0.2, 0) is 6.42 Å². The Morgan fingerprint density at radius 1 is 0.483 bits per heavy atom. The lowest BCUT2D eigenvalue weighted by molar-refractivity contribution is 0.506. The van der Waals surface area contributed by atoms with Crippen molar-refractivity contribution in [1.82, 2.24) is 0 Å². The van der Waals surface area contributed by atoms with Crippen molar-refractivity contribution in [2.24, 2.45) is 5.41 Å². The molecule has 2 aliphatic rings. The summed E-state index contributed by atoms with van der Waals surface area (Å²) in [4.78, 5) is 4.84. The fraction of sp³-hybridized carbons (Fsp3) is 0.107. The topological polar surface area (TPSA) is 6.48 Å². The molecule has 0 amide bonds. The first-order chi connectivity index (χ1) is 28.5. The van der Waals surface area contributed by atoms with Crippen LogP contribution in [0.4, 0.5) is 28.4 Å². The number of rotatable bonds is 9. The van der Waals surface area contributed by atoms with Gasteiger partial charge in [0.15, 0.2) is 0 Å². The van der Waals surface area contributed by atoms with E-state index >= 15 is 0 Å². The first-order valence-electron chi connectivity index (χ1n) is 20.5. The van der Waals surface area contributed by atoms with Crippen LogP contribution in [0, 0.1) is 5.41 Å². The number of hydrogen-bond donors (Lipinski definition) is 0. The number of anilines is 5. The van der Waals surface area contributed by atoms with Crippen LogP contribution >= 0.6 is 0 Å². The van der Waals surface area contributed by atoms with Gasteiger partial charge in [-0.1, -0.05) is 159 Å². The lowest BCUT2D eigenvalue weighted by Crippen LogP contribution is -2.27. The molecule has 0 saturated heterocycles. The number of hydrogen-bond acceptors (Lipinski definition) is 2. The average Bonchev–Trinajstić information content (AvgIpc) is 3.27. The van der Waals surface area contributed by atoms with Crippen LogP contribution in [0.2, 0.25) is 0 Å². The number of benzene rings is 8. The normalized spacial score (nSPS) is 16.5. The molecule has 0 aliphatic heterocycles. The molecule has 2 atom stereocenters. The van der Waals surface area contributed by atoms with Gasteiger partial charge in [-0.15, -0.1) is 0 Å². The van der Waals surface area contributed by atoms with Crippen molar-refractivity contribution in [3.63, 3.8) is 0 Å². The smallest absolute Gasteiger partial charge is 0.0468 e. The highest BCUT2D eigenvalue weighted by atomic mass is 15.2. The minimum Gasteiger partial charge on any atom is -0.314 e. The van der Waals surface area contributed by atoms with Crippen molar-refractivity contribution in [2.75, 3.05) is 9.80 Å². The highest BCUT2D eigenvalue weighted by molar-refractivity contribution is 5.93. The second-order valence-electron chi connectivity index (χ2n) is 16.2. The summed E-state index contributed by atoms with van der Waals surface area (Å²) in [6.45, 7) is 4.70. The number of allylic oxidation sites excluding steroid dienone is 8. The molecule has 0 spiro atoms. The van der Waals surface area contributed by atoms with Crippen molar-refractivity contribution < 1.29 is 0 Å². The van der Waals surface area contributed by atoms with E-state index in [9.17, 15) is 0 Å². The maximum absolute atomic E-state index is 2.46. The Balaban J connectivity index is 0.931.